The Kier molecular flexibility index (Phi) is 4.06. The predicted molar refractivity (Wildman–Crippen MR) is 91.6 cm³/mol. The van der Waals surface area contributed by atoms with Gasteiger partial charge in [-0.05, 0) is 41.2 Å². The van der Waals surface area contributed by atoms with E-state index in [9.17, 15) is 10.2 Å². The van der Waals surface area contributed by atoms with Crippen LogP contribution < -0.4 is 0 Å². The van der Waals surface area contributed by atoms with Crippen LogP contribution >= 0.6 is 0 Å². The molecule has 2 aliphatic rings. The van der Waals surface area contributed by atoms with Crippen molar-refractivity contribution in [1.29, 1.82) is 0 Å². The molecule has 2 saturated carbocycles. The smallest absolute Gasteiger partial charge is 0.102 e. The summed E-state index contributed by atoms with van der Waals surface area (Å²) in [5.74, 6) is 0.114. The highest BCUT2D eigenvalue weighted by atomic mass is 16.3. The first-order chi connectivity index (χ1) is 10.8. The molecular weight excluding hydrogens is 288 g/mol. The number of hydrogen-bond acceptors (Lipinski definition) is 3. The molecule has 0 amide bonds. The summed E-state index contributed by atoms with van der Waals surface area (Å²) in [6.07, 6.45) is 9.22. The molecule has 2 fully saturated rings. The first kappa shape index (κ1) is 16.5. The van der Waals surface area contributed by atoms with Crippen molar-refractivity contribution >= 4 is 6.08 Å². The molecule has 1 heterocycles. The number of furan rings is 1. The second kappa shape index (κ2) is 5.64. The van der Waals surface area contributed by atoms with Crippen LogP contribution in [0.3, 0.4) is 0 Å². The van der Waals surface area contributed by atoms with Gasteiger partial charge in [-0.25, -0.2) is 0 Å². The zero-order valence-corrected chi connectivity index (χ0v) is 14.3. The Balaban J connectivity index is 2.01. The molecule has 126 valence electrons. The maximum Gasteiger partial charge on any atom is 0.102 e. The highest BCUT2D eigenvalue weighted by molar-refractivity contribution is 5.49. The van der Waals surface area contributed by atoms with E-state index in [1.54, 1.807) is 12.5 Å². The van der Waals surface area contributed by atoms with E-state index in [0.29, 0.717) is 0 Å². The van der Waals surface area contributed by atoms with Gasteiger partial charge in [0.2, 0.25) is 0 Å². The number of fused-ring (bicyclic) bond motifs is 1. The van der Waals surface area contributed by atoms with Crippen LogP contribution in [-0.2, 0) is 0 Å². The van der Waals surface area contributed by atoms with Gasteiger partial charge < -0.3 is 14.6 Å². The summed E-state index contributed by atoms with van der Waals surface area (Å²) in [4.78, 5) is 0. The molecule has 0 spiro atoms. The van der Waals surface area contributed by atoms with Gasteiger partial charge in [0, 0.05) is 11.5 Å². The second-order valence-corrected chi connectivity index (χ2v) is 8.23. The molecular formula is C20H28O3. The zero-order valence-electron chi connectivity index (χ0n) is 14.3. The minimum absolute atomic E-state index is 0.00975. The third-order valence-electron chi connectivity index (χ3n) is 6.27. The number of aliphatic hydroxyl groups excluding tert-OH is 2. The van der Waals surface area contributed by atoms with Gasteiger partial charge in [-0.1, -0.05) is 45.9 Å². The fourth-order valence-corrected chi connectivity index (χ4v) is 5.26. The van der Waals surface area contributed by atoms with Crippen LogP contribution in [0.2, 0.25) is 0 Å². The first-order valence-corrected chi connectivity index (χ1v) is 8.52. The van der Waals surface area contributed by atoms with Crippen molar-refractivity contribution in [3.05, 3.63) is 42.4 Å². The van der Waals surface area contributed by atoms with E-state index in [0.717, 1.165) is 30.4 Å². The van der Waals surface area contributed by atoms with Crippen molar-refractivity contribution in [1.82, 2.24) is 0 Å². The van der Waals surface area contributed by atoms with Crippen molar-refractivity contribution in [2.45, 2.75) is 52.2 Å². The second-order valence-electron chi connectivity index (χ2n) is 8.23. The van der Waals surface area contributed by atoms with Crippen LogP contribution in [0, 0.1) is 22.7 Å². The topological polar surface area (TPSA) is 53.6 Å². The van der Waals surface area contributed by atoms with Crippen LogP contribution in [-0.4, -0.2) is 22.4 Å². The van der Waals surface area contributed by atoms with Crippen LogP contribution in [0.15, 0.2) is 41.2 Å². The molecule has 2 N–H and O–H groups in total. The molecule has 5 atom stereocenters. The maximum absolute atomic E-state index is 10.8. The Morgan fingerprint density at radius 3 is 2.65 bits per heavy atom. The summed E-state index contributed by atoms with van der Waals surface area (Å²) in [5, 5.41) is 21.3. The lowest BCUT2D eigenvalue weighted by molar-refractivity contribution is -0.150. The Morgan fingerprint density at radius 2 is 2.00 bits per heavy atom. The lowest BCUT2D eigenvalue weighted by atomic mass is 9.46. The molecule has 0 aromatic carbocycles. The molecule has 3 nitrogen and oxygen atoms in total. The summed E-state index contributed by atoms with van der Waals surface area (Å²) < 4.78 is 5.12. The Hall–Kier alpha value is -1.32. The molecule has 0 unspecified atom stereocenters. The summed E-state index contributed by atoms with van der Waals surface area (Å²) in [5.41, 5.74) is 1.66. The number of allylic oxidation sites excluding steroid dienone is 1. The van der Waals surface area contributed by atoms with Gasteiger partial charge in [-0.2, -0.15) is 0 Å². The molecule has 3 heteroatoms. The molecule has 3 rings (SSSR count). The largest absolute Gasteiger partial charge is 0.472 e. The fraction of sp³-hybridized carbons (Fsp3) is 0.600. The quantitative estimate of drug-likeness (QED) is 0.810. The summed E-state index contributed by atoms with van der Waals surface area (Å²) in [6, 6.07) is 1.91. The Labute approximate surface area is 138 Å². The van der Waals surface area contributed by atoms with E-state index in [-0.39, 0.29) is 22.7 Å². The van der Waals surface area contributed by atoms with Gasteiger partial charge in [0.15, 0.2) is 0 Å². The lowest BCUT2D eigenvalue weighted by Crippen LogP contribution is -2.59. The number of rotatable bonds is 2. The average Bonchev–Trinajstić information content (AvgIpc) is 2.97. The minimum atomic E-state index is -0.857. The van der Waals surface area contributed by atoms with Gasteiger partial charge in [-0.15, -0.1) is 0 Å². The van der Waals surface area contributed by atoms with Crippen LogP contribution in [0.4, 0.5) is 0 Å². The molecule has 0 saturated heterocycles. The summed E-state index contributed by atoms with van der Waals surface area (Å²) >= 11 is 0. The van der Waals surface area contributed by atoms with Crippen LogP contribution in [0.25, 0.3) is 6.08 Å². The van der Waals surface area contributed by atoms with Crippen molar-refractivity contribution in [3.8, 4) is 0 Å². The van der Waals surface area contributed by atoms with E-state index >= 15 is 0 Å². The van der Waals surface area contributed by atoms with E-state index in [4.69, 9.17) is 4.42 Å². The van der Waals surface area contributed by atoms with E-state index < -0.39 is 12.2 Å². The molecule has 0 aliphatic heterocycles. The molecule has 0 radical (unpaired) electrons. The SMILES string of the molecule is C=C1[C@@H](C=Cc2ccoc2)[C@@]2(C)CCCC(C)(C)[C@H]2[C@H](O)[C@H]1O. The van der Waals surface area contributed by atoms with Crippen molar-refractivity contribution in [3.63, 3.8) is 0 Å². The molecule has 2 aliphatic carbocycles. The highest BCUT2D eigenvalue weighted by Crippen LogP contribution is 2.61. The van der Waals surface area contributed by atoms with Crippen LogP contribution in [0.1, 0.15) is 45.6 Å². The van der Waals surface area contributed by atoms with E-state index in [1.165, 1.54) is 0 Å². The predicted octanol–water partition coefficient (Wildman–Crippen LogP) is 4.03. The monoisotopic (exact) mass is 316 g/mol. The van der Waals surface area contributed by atoms with Gasteiger partial charge in [0.25, 0.3) is 0 Å². The van der Waals surface area contributed by atoms with Crippen molar-refractivity contribution in [2.24, 2.45) is 22.7 Å². The van der Waals surface area contributed by atoms with Gasteiger partial charge in [0.05, 0.1) is 18.6 Å². The minimum Gasteiger partial charge on any atom is -0.472 e. The Bertz CT molecular complexity index is 598. The van der Waals surface area contributed by atoms with Gasteiger partial charge in [-0.3, -0.25) is 0 Å². The lowest BCUT2D eigenvalue weighted by Gasteiger charge is -2.60. The van der Waals surface area contributed by atoms with Crippen molar-refractivity contribution < 1.29 is 14.6 Å². The molecule has 0 bridgehead atoms. The first-order valence-electron chi connectivity index (χ1n) is 8.52. The number of aliphatic hydroxyl groups is 2. The third kappa shape index (κ3) is 2.60. The third-order valence-corrected chi connectivity index (χ3v) is 6.27. The molecule has 1 aromatic heterocycles. The maximum atomic E-state index is 10.8. The van der Waals surface area contributed by atoms with E-state index in [1.807, 2.05) is 12.1 Å². The number of hydrogen-bond donors (Lipinski definition) is 2. The Morgan fingerprint density at radius 1 is 1.26 bits per heavy atom. The zero-order chi connectivity index (χ0) is 16.8. The van der Waals surface area contributed by atoms with E-state index in [2.05, 4.69) is 33.4 Å². The summed E-state index contributed by atoms with van der Waals surface area (Å²) in [7, 11) is 0. The summed E-state index contributed by atoms with van der Waals surface area (Å²) in [6.45, 7) is 10.8. The van der Waals surface area contributed by atoms with Crippen molar-refractivity contribution in [2.75, 3.05) is 0 Å². The fourth-order valence-electron chi connectivity index (χ4n) is 5.26. The van der Waals surface area contributed by atoms with Gasteiger partial charge >= 0.3 is 0 Å². The van der Waals surface area contributed by atoms with Crippen LogP contribution in [0.5, 0.6) is 0 Å². The molecule has 1 aromatic rings. The average molecular weight is 316 g/mol. The van der Waals surface area contributed by atoms with Gasteiger partial charge in [0.1, 0.15) is 6.10 Å². The molecule has 23 heavy (non-hydrogen) atoms. The standard InChI is InChI=1S/C20H28O3/c1-13-15(7-6-14-8-11-23-12-14)20(4)10-5-9-19(2,3)18(20)17(22)16(13)21/h6-8,11-12,15-18,21-22H,1,5,9-10H2,2-4H3/t15-,16+,17-,18-,20-/m1/s1. The normalized spacial score (nSPS) is 40.3. The highest BCUT2D eigenvalue weighted by Gasteiger charge is 2.58.